The molecule has 3 N–H and O–H groups in total. The minimum atomic E-state index is -0.852. The first-order chi connectivity index (χ1) is 28.4. The van der Waals surface area contributed by atoms with Gasteiger partial charge >= 0.3 is 12.0 Å². The number of amides is 1. The van der Waals surface area contributed by atoms with Gasteiger partial charge in [-0.25, -0.2) is 14.8 Å². The van der Waals surface area contributed by atoms with E-state index in [0.29, 0.717) is 12.3 Å². The first kappa shape index (κ1) is 41.7. The fraction of sp³-hybridized carbons (Fsp3) is 0.383. The molecule has 3 heterocycles. The second-order valence-electron chi connectivity index (χ2n) is 14.7. The van der Waals surface area contributed by atoms with E-state index in [1.165, 1.54) is 63.3 Å². The Hall–Kier alpha value is -5.97. The fourth-order valence-electron chi connectivity index (χ4n) is 7.12. The Bertz CT molecular complexity index is 2080. The molecule has 1 atom stereocenters. The second-order valence-corrected chi connectivity index (χ2v) is 14.7. The molecule has 304 valence electrons. The molecule has 58 heavy (non-hydrogen) atoms. The smallest absolute Gasteiger partial charge is 0.358 e. The van der Waals surface area contributed by atoms with Gasteiger partial charge < -0.3 is 29.8 Å². The first-order valence-corrected chi connectivity index (χ1v) is 21.0. The Labute approximate surface area is 342 Å². The highest BCUT2D eigenvalue weighted by atomic mass is 16.7. The molecule has 0 spiro atoms. The van der Waals surface area contributed by atoms with Gasteiger partial charge in [-0.1, -0.05) is 118 Å². The maximum atomic E-state index is 12.6. The lowest BCUT2D eigenvalue weighted by atomic mass is 10.00. The van der Waals surface area contributed by atoms with Crippen molar-refractivity contribution in [2.24, 2.45) is 5.16 Å². The van der Waals surface area contributed by atoms with Gasteiger partial charge in [0, 0.05) is 66.9 Å². The van der Waals surface area contributed by atoms with Crippen molar-refractivity contribution in [1.29, 1.82) is 0 Å². The maximum absolute atomic E-state index is 12.6. The number of hydrogen-bond donors (Lipinski definition) is 3. The number of nitrogens with one attached hydrogen (secondary N) is 3. The van der Waals surface area contributed by atoms with E-state index in [1.807, 2.05) is 54.6 Å². The molecule has 6 rings (SSSR count). The lowest BCUT2D eigenvalue weighted by molar-refractivity contribution is -0.146. The zero-order valence-corrected chi connectivity index (χ0v) is 34.1. The van der Waals surface area contributed by atoms with Gasteiger partial charge in [-0.15, -0.1) is 0 Å². The molecule has 3 aromatic carbocycles. The number of nitrogens with zero attached hydrogens (tertiary/aromatic N) is 4. The third-order valence-corrected chi connectivity index (χ3v) is 10.5. The van der Waals surface area contributed by atoms with E-state index in [-0.39, 0.29) is 18.3 Å². The monoisotopic (exact) mass is 783 g/mol. The number of carbonyl (C=O) groups excluding carboxylic acids is 2. The van der Waals surface area contributed by atoms with Crippen LogP contribution >= 0.6 is 0 Å². The van der Waals surface area contributed by atoms with Gasteiger partial charge in [0.15, 0.2) is 0 Å². The lowest BCUT2D eigenvalue weighted by Crippen LogP contribution is -2.26. The molecule has 11 heteroatoms. The second kappa shape index (κ2) is 21.5. The molecular weight excluding hydrogens is 727 g/mol. The summed E-state index contributed by atoms with van der Waals surface area (Å²) in [4.78, 5) is 48.3. The van der Waals surface area contributed by atoms with Crippen LogP contribution in [0, 0.1) is 0 Å². The van der Waals surface area contributed by atoms with Crippen LogP contribution in [-0.4, -0.2) is 63.3 Å². The molecule has 11 nitrogen and oxygen atoms in total. The molecule has 1 aliphatic rings. The Balaban J connectivity index is 1.11. The molecule has 5 aromatic rings. The van der Waals surface area contributed by atoms with Crippen molar-refractivity contribution in [3.63, 3.8) is 0 Å². The number of rotatable bonds is 22. The van der Waals surface area contributed by atoms with Crippen LogP contribution in [0.4, 0.5) is 5.69 Å². The molecule has 0 fully saturated rings. The largest absolute Gasteiger partial charge is 0.389 e. The van der Waals surface area contributed by atoms with Crippen LogP contribution in [0.5, 0.6) is 6.01 Å². The van der Waals surface area contributed by atoms with Crippen molar-refractivity contribution >= 4 is 29.4 Å². The summed E-state index contributed by atoms with van der Waals surface area (Å²) in [6.45, 7) is 9.14. The molecule has 0 saturated carbocycles. The Morgan fingerprint density at radius 1 is 0.810 bits per heavy atom. The average Bonchev–Trinajstić information content (AvgIpc) is 4.06. The van der Waals surface area contributed by atoms with Crippen LogP contribution in [-0.2, 0) is 14.4 Å². The minimum Gasteiger partial charge on any atom is -0.389 e. The topological polar surface area (TPSA) is 138 Å². The summed E-state index contributed by atoms with van der Waals surface area (Å²) in [7, 11) is 0. The molecule has 2 aromatic heterocycles. The number of oxime groups is 1. The number of H-pyrrole nitrogens is 2. The van der Waals surface area contributed by atoms with Crippen molar-refractivity contribution in [3.8, 4) is 39.9 Å². The summed E-state index contributed by atoms with van der Waals surface area (Å²) in [5.74, 6) is 0.124. The van der Waals surface area contributed by atoms with Gasteiger partial charge in [0.1, 0.15) is 5.82 Å². The molecule has 0 saturated heterocycles. The number of aromatic nitrogens is 4. The third-order valence-electron chi connectivity index (χ3n) is 10.5. The number of esters is 1. The van der Waals surface area contributed by atoms with Gasteiger partial charge in [-0.2, -0.15) is 0 Å². The number of aromatic amines is 2. The summed E-state index contributed by atoms with van der Waals surface area (Å²) >= 11 is 0. The molecular formula is C47H57N7O4. The zero-order valence-electron chi connectivity index (χ0n) is 34.1. The van der Waals surface area contributed by atoms with E-state index >= 15 is 0 Å². The van der Waals surface area contributed by atoms with Crippen LogP contribution in [0.15, 0.2) is 96.4 Å². The SMILES string of the molecule is CCCCCCCCCCCCNC(=O)C=Cc1ccc(-c2[nH]c(-c3ccc(N(CC)CC)cc3)nc2-c2ccc(C3=NOC(C(=O)Oc4ncc[nH]4)C3)cc2)cc1. The summed E-state index contributed by atoms with van der Waals surface area (Å²) in [6.07, 6.45) is 18.7. The predicted octanol–water partition coefficient (Wildman–Crippen LogP) is 10.1. The van der Waals surface area contributed by atoms with E-state index < -0.39 is 12.1 Å². The molecule has 0 bridgehead atoms. The molecule has 1 aliphatic heterocycles. The van der Waals surface area contributed by atoms with Gasteiger partial charge in [0.2, 0.25) is 12.0 Å². The van der Waals surface area contributed by atoms with E-state index in [9.17, 15) is 9.59 Å². The normalized spacial score (nSPS) is 13.7. The van der Waals surface area contributed by atoms with Gasteiger partial charge in [0.05, 0.1) is 17.1 Å². The number of imidazole rings is 2. The van der Waals surface area contributed by atoms with E-state index in [1.54, 1.807) is 12.3 Å². The average molecular weight is 784 g/mol. The van der Waals surface area contributed by atoms with Crippen LogP contribution in [0.3, 0.4) is 0 Å². The quantitative estimate of drug-likeness (QED) is 0.0361. The summed E-state index contributed by atoms with van der Waals surface area (Å²) in [6, 6.07) is 24.6. The van der Waals surface area contributed by atoms with Crippen LogP contribution < -0.4 is 15.0 Å². The van der Waals surface area contributed by atoms with Gasteiger partial charge in [-0.05, 0) is 61.7 Å². The summed E-state index contributed by atoms with van der Waals surface area (Å²) < 4.78 is 5.25. The highest BCUT2D eigenvalue weighted by Gasteiger charge is 2.31. The highest BCUT2D eigenvalue weighted by molar-refractivity contribution is 6.04. The van der Waals surface area contributed by atoms with E-state index in [4.69, 9.17) is 14.6 Å². The fourth-order valence-corrected chi connectivity index (χ4v) is 7.12. The standard InChI is InChI=1S/C47H57N7O4/c1-4-7-8-9-10-11-12-13-14-15-30-48-42(55)29-18-34-16-19-36(20-17-34)43-44(52-45(51-43)38-25-27-39(28-26-38)54(5-2)6-3)37-23-21-35(22-24-37)40-33-41(58-53-40)46(56)57-47-49-31-32-50-47/h16-29,31-32,41H,4-15,30,33H2,1-3H3,(H,48,55)(H,49,50)(H,51,52). The Kier molecular flexibility index (Phi) is 15.5. The highest BCUT2D eigenvalue weighted by Crippen LogP contribution is 2.34. The Morgan fingerprint density at radius 2 is 1.45 bits per heavy atom. The van der Waals surface area contributed by atoms with Gasteiger partial charge in [-0.3, -0.25) is 4.79 Å². The minimum absolute atomic E-state index is 0.0737. The third kappa shape index (κ3) is 11.6. The van der Waals surface area contributed by atoms with Crippen LogP contribution in [0.2, 0.25) is 0 Å². The molecule has 1 amide bonds. The molecule has 0 aliphatic carbocycles. The van der Waals surface area contributed by atoms with Crippen molar-refractivity contribution in [1.82, 2.24) is 25.3 Å². The van der Waals surface area contributed by atoms with Crippen molar-refractivity contribution in [3.05, 3.63) is 102 Å². The Morgan fingerprint density at radius 3 is 2.10 bits per heavy atom. The summed E-state index contributed by atoms with van der Waals surface area (Å²) in [5.41, 5.74) is 8.13. The van der Waals surface area contributed by atoms with Gasteiger partial charge in [0.25, 0.3) is 0 Å². The van der Waals surface area contributed by atoms with Crippen molar-refractivity contribution in [2.75, 3.05) is 24.5 Å². The maximum Gasteiger partial charge on any atom is 0.358 e. The number of unbranched alkanes of at least 4 members (excludes halogenated alkanes) is 9. The number of anilines is 1. The van der Waals surface area contributed by atoms with E-state index in [2.05, 4.69) is 75.4 Å². The first-order valence-electron chi connectivity index (χ1n) is 21.0. The number of ether oxygens (including phenoxy) is 1. The number of hydrogen-bond acceptors (Lipinski definition) is 8. The zero-order chi connectivity index (χ0) is 40.5. The lowest BCUT2D eigenvalue weighted by Gasteiger charge is -2.20. The molecule has 1 unspecified atom stereocenters. The summed E-state index contributed by atoms with van der Waals surface area (Å²) in [5, 5.41) is 7.22. The number of benzene rings is 3. The number of carbonyl (C=O) groups is 2. The van der Waals surface area contributed by atoms with E-state index in [0.717, 1.165) is 71.0 Å². The van der Waals surface area contributed by atoms with Crippen LogP contribution in [0.1, 0.15) is 103 Å². The molecule has 0 radical (unpaired) electrons. The van der Waals surface area contributed by atoms with Crippen LogP contribution in [0.25, 0.3) is 40.0 Å². The van der Waals surface area contributed by atoms with Crippen molar-refractivity contribution in [2.45, 2.75) is 97.5 Å². The predicted molar refractivity (Wildman–Crippen MR) is 233 cm³/mol. The van der Waals surface area contributed by atoms with Crippen molar-refractivity contribution < 1.29 is 19.2 Å².